The molecule has 0 amide bonds. The number of aliphatic hydroxyl groups is 1. The zero-order valence-electron chi connectivity index (χ0n) is 12.0. The van der Waals surface area contributed by atoms with E-state index in [1.165, 1.54) is 12.8 Å². The Balaban J connectivity index is 1.78. The Morgan fingerprint density at radius 2 is 1.90 bits per heavy atom. The van der Waals surface area contributed by atoms with E-state index in [1.54, 1.807) is 0 Å². The van der Waals surface area contributed by atoms with Crippen molar-refractivity contribution >= 4 is 0 Å². The summed E-state index contributed by atoms with van der Waals surface area (Å²) in [6.07, 6.45) is 2.42. The Labute approximate surface area is 120 Å². The molecular formula is C16H23NO3. The molecule has 20 heavy (non-hydrogen) atoms. The highest BCUT2D eigenvalue weighted by Gasteiger charge is 2.25. The second-order valence-electron chi connectivity index (χ2n) is 5.82. The van der Waals surface area contributed by atoms with Crippen molar-refractivity contribution in [2.75, 3.05) is 32.9 Å². The third kappa shape index (κ3) is 2.76. The maximum absolute atomic E-state index is 9.79. The monoisotopic (exact) mass is 277 g/mol. The van der Waals surface area contributed by atoms with E-state index in [0.29, 0.717) is 13.2 Å². The number of piperidine rings is 1. The Kier molecular flexibility index (Phi) is 4.13. The van der Waals surface area contributed by atoms with Gasteiger partial charge in [0.1, 0.15) is 13.2 Å². The molecule has 1 fully saturated rings. The molecule has 1 aromatic carbocycles. The number of benzene rings is 1. The Morgan fingerprint density at radius 3 is 2.60 bits per heavy atom. The van der Waals surface area contributed by atoms with E-state index < -0.39 is 0 Å². The number of hydrogen-bond acceptors (Lipinski definition) is 4. The summed E-state index contributed by atoms with van der Waals surface area (Å²) in [6, 6.07) is 6.09. The van der Waals surface area contributed by atoms with Crippen molar-refractivity contribution in [3.63, 3.8) is 0 Å². The largest absolute Gasteiger partial charge is 0.486 e. The summed E-state index contributed by atoms with van der Waals surface area (Å²) < 4.78 is 11.2. The number of hydrogen-bond donors (Lipinski definition) is 1. The van der Waals surface area contributed by atoms with Gasteiger partial charge >= 0.3 is 0 Å². The number of ether oxygens (including phenoxy) is 2. The Hall–Kier alpha value is -1.26. The number of fused-ring (bicyclic) bond motifs is 1. The van der Waals surface area contributed by atoms with Crippen molar-refractivity contribution in [1.29, 1.82) is 0 Å². The van der Waals surface area contributed by atoms with Gasteiger partial charge in [-0.2, -0.15) is 0 Å². The van der Waals surface area contributed by atoms with Crippen LogP contribution in [0.5, 0.6) is 11.5 Å². The quantitative estimate of drug-likeness (QED) is 0.920. The number of nitrogens with zero attached hydrogens (tertiary/aromatic N) is 1. The average Bonchev–Trinajstić information content (AvgIpc) is 2.50. The Morgan fingerprint density at radius 1 is 1.20 bits per heavy atom. The molecule has 0 saturated carbocycles. The van der Waals surface area contributed by atoms with Crippen molar-refractivity contribution in [2.45, 2.75) is 25.8 Å². The highest BCUT2D eigenvalue weighted by molar-refractivity contribution is 5.44. The van der Waals surface area contributed by atoms with Crippen LogP contribution in [0.1, 0.15) is 31.4 Å². The molecule has 1 unspecified atom stereocenters. The normalized spacial score (nSPS) is 21.7. The zero-order chi connectivity index (χ0) is 13.9. The Bertz CT molecular complexity index is 455. The van der Waals surface area contributed by atoms with Gasteiger partial charge in [0, 0.05) is 0 Å². The molecule has 0 bridgehead atoms. The van der Waals surface area contributed by atoms with Crippen molar-refractivity contribution in [2.24, 2.45) is 5.92 Å². The van der Waals surface area contributed by atoms with E-state index in [0.717, 1.165) is 36.1 Å². The number of likely N-dealkylation sites (tertiary alicyclic amines) is 1. The summed E-state index contributed by atoms with van der Waals surface area (Å²) in [7, 11) is 0. The van der Waals surface area contributed by atoms with Gasteiger partial charge in [0.25, 0.3) is 0 Å². The van der Waals surface area contributed by atoms with Gasteiger partial charge in [-0.05, 0) is 49.5 Å². The van der Waals surface area contributed by atoms with Gasteiger partial charge in [-0.25, -0.2) is 0 Å². The van der Waals surface area contributed by atoms with E-state index >= 15 is 0 Å². The van der Waals surface area contributed by atoms with Crippen molar-refractivity contribution in [1.82, 2.24) is 4.90 Å². The van der Waals surface area contributed by atoms with Crippen LogP contribution in [0, 0.1) is 5.92 Å². The predicted molar refractivity (Wildman–Crippen MR) is 77.2 cm³/mol. The molecule has 0 aromatic heterocycles. The van der Waals surface area contributed by atoms with E-state index in [2.05, 4.69) is 11.8 Å². The van der Waals surface area contributed by atoms with Crippen LogP contribution in [0.15, 0.2) is 18.2 Å². The minimum absolute atomic E-state index is 0.0679. The first-order chi connectivity index (χ1) is 9.78. The standard InChI is InChI=1S/C16H23NO3/c1-12-4-6-17(7-5-12)14(11-18)13-2-3-15-16(10-13)20-9-8-19-15/h2-3,10,12,14,18H,4-9,11H2,1H3. The van der Waals surface area contributed by atoms with Gasteiger partial charge < -0.3 is 14.6 Å². The lowest BCUT2D eigenvalue weighted by Gasteiger charge is -2.36. The maximum Gasteiger partial charge on any atom is 0.161 e. The molecule has 4 heteroatoms. The first-order valence-corrected chi connectivity index (χ1v) is 7.52. The van der Waals surface area contributed by atoms with Crippen LogP contribution in [0.4, 0.5) is 0 Å². The molecule has 1 atom stereocenters. The molecule has 0 aliphatic carbocycles. The molecule has 0 spiro atoms. The molecule has 1 aromatic rings. The summed E-state index contributed by atoms with van der Waals surface area (Å²) in [6.45, 7) is 5.77. The van der Waals surface area contributed by atoms with Gasteiger partial charge in [-0.1, -0.05) is 13.0 Å². The molecule has 1 N–H and O–H groups in total. The zero-order valence-corrected chi connectivity index (χ0v) is 12.0. The van der Waals surface area contributed by atoms with Crippen LogP contribution in [0.25, 0.3) is 0 Å². The fourth-order valence-electron chi connectivity index (χ4n) is 3.04. The van der Waals surface area contributed by atoms with Crippen molar-refractivity contribution < 1.29 is 14.6 Å². The van der Waals surface area contributed by atoms with E-state index in [9.17, 15) is 5.11 Å². The molecule has 110 valence electrons. The van der Waals surface area contributed by atoms with Crippen LogP contribution < -0.4 is 9.47 Å². The van der Waals surface area contributed by atoms with Crippen LogP contribution in [0.3, 0.4) is 0 Å². The lowest BCUT2D eigenvalue weighted by atomic mass is 9.96. The summed E-state index contributed by atoms with van der Waals surface area (Å²) in [5.41, 5.74) is 1.12. The summed E-state index contributed by atoms with van der Waals surface area (Å²) in [4.78, 5) is 2.38. The lowest BCUT2D eigenvalue weighted by molar-refractivity contribution is 0.0891. The molecule has 1 saturated heterocycles. The van der Waals surface area contributed by atoms with Crippen LogP contribution >= 0.6 is 0 Å². The second kappa shape index (κ2) is 6.02. The third-order valence-electron chi connectivity index (χ3n) is 4.38. The second-order valence-corrected chi connectivity index (χ2v) is 5.82. The smallest absolute Gasteiger partial charge is 0.161 e. The highest BCUT2D eigenvalue weighted by atomic mass is 16.6. The van der Waals surface area contributed by atoms with Crippen molar-refractivity contribution in [3.8, 4) is 11.5 Å². The topological polar surface area (TPSA) is 41.9 Å². The van der Waals surface area contributed by atoms with Crippen LogP contribution in [-0.4, -0.2) is 42.9 Å². The molecule has 0 radical (unpaired) electrons. The lowest BCUT2D eigenvalue weighted by Crippen LogP contribution is -2.37. The summed E-state index contributed by atoms with van der Waals surface area (Å²) in [5, 5.41) is 9.79. The van der Waals surface area contributed by atoms with Crippen LogP contribution in [0.2, 0.25) is 0 Å². The van der Waals surface area contributed by atoms with Gasteiger partial charge in [0.15, 0.2) is 11.5 Å². The highest BCUT2D eigenvalue weighted by Crippen LogP contribution is 2.35. The minimum Gasteiger partial charge on any atom is -0.486 e. The van der Waals surface area contributed by atoms with Crippen LogP contribution in [-0.2, 0) is 0 Å². The third-order valence-corrected chi connectivity index (χ3v) is 4.38. The van der Waals surface area contributed by atoms with Gasteiger partial charge in [0.05, 0.1) is 12.6 Å². The number of rotatable bonds is 3. The molecule has 3 rings (SSSR count). The first-order valence-electron chi connectivity index (χ1n) is 7.52. The SMILES string of the molecule is CC1CCN(C(CO)c2ccc3c(c2)OCCO3)CC1. The maximum atomic E-state index is 9.79. The fourth-order valence-corrected chi connectivity index (χ4v) is 3.04. The summed E-state index contributed by atoms with van der Waals surface area (Å²) in [5.74, 6) is 2.41. The summed E-state index contributed by atoms with van der Waals surface area (Å²) >= 11 is 0. The van der Waals surface area contributed by atoms with Gasteiger partial charge in [0.2, 0.25) is 0 Å². The van der Waals surface area contributed by atoms with Gasteiger partial charge in [-0.15, -0.1) is 0 Å². The van der Waals surface area contributed by atoms with E-state index in [-0.39, 0.29) is 12.6 Å². The van der Waals surface area contributed by atoms with E-state index in [4.69, 9.17) is 9.47 Å². The molecular weight excluding hydrogens is 254 g/mol. The fraction of sp³-hybridized carbons (Fsp3) is 0.625. The molecule has 2 aliphatic heterocycles. The minimum atomic E-state index is 0.0679. The van der Waals surface area contributed by atoms with Crippen molar-refractivity contribution in [3.05, 3.63) is 23.8 Å². The van der Waals surface area contributed by atoms with Gasteiger partial charge in [-0.3, -0.25) is 4.90 Å². The number of aliphatic hydroxyl groups excluding tert-OH is 1. The average molecular weight is 277 g/mol. The predicted octanol–water partition coefficient (Wildman–Crippen LogP) is 2.22. The molecule has 2 aliphatic rings. The first kappa shape index (κ1) is 13.7. The molecule has 2 heterocycles. The molecule has 4 nitrogen and oxygen atoms in total. The van der Waals surface area contributed by atoms with E-state index in [1.807, 2.05) is 18.2 Å².